The number of aryl methyl sites for hydroxylation is 1. The van der Waals surface area contributed by atoms with Crippen molar-refractivity contribution in [3.8, 4) is 0 Å². The third-order valence-corrected chi connectivity index (χ3v) is 5.36. The van der Waals surface area contributed by atoms with Gasteiger partial charge in [0.25, 0.3) is 17.1 Å². The molecule has 0 unspecified atom stereocenters. The molecule has 1 aliphatic carbocycles. The van der Waals surface area contributed by atoms with Gasteiger partial charge in [-0.05, 0) is 38.0 Å². The molecule has 140 valence electrons. The van der Waals surface area contributed by atoms with Crippen LogP contribution in [0.4, 0.5) is 5.82 Å². The molecule has 1 saturated carbocycles. The number of nitrogens with one attached hydrogen (secondary N) is 1. The molecule has 27 heavy (non-hydrogen) atoms. The normalized spacial score (nSPS) is 15.3. The molecule has 1 fully saturated rings. The molecular weight excluding hydrogens is 342 g/mol. The largest absolute Gasteiger partial charge is 0.349 e. The monoisotopic (exact) mass is 366 g/mol. The smallest absolute Gasteiger partial charge is 0.278 e. The maximum absolute atomic E-state index is 13.0. The van der Waals surface area contributed by atoms with Crippen molar-refractivity contribution < 1.29 is 9.36 Å². The lowest BCUT2D eigenvalue weighted by molar-refractivity contribution is -0.655. The van der Waals surface area contributed by atoms with Gasteiger partial charge in [-0.25, -0.2) is 4.57 Å². The highest BCUT2D eigenvalue weighted by Crippen LogP contribution is 2.19. The second-order valence-electron chi connectivity index (χ2n) is 7.08. The van der Waals surface area contributed by atoms with E-state index in [4.69, 9.17) is 5.73 Å². The van der Waals surface area contributed by atoms with Gasteiger partial charge in [0.2, 0.25) is 11.5 Å². The fourth-order valence-corrected chi connectivity index (χ4v) is 3.91. The number of hydrogen-bond acceptors (Lipinski definition) is 4. The van der Waals surface area contributed by atoms with Crippen LogP contribution in [0.1, 0.15) is 49.4 Å². The van der Waals surface area contributed by atoms with Crippen molar-refractivity contribution in [3.05, 3.63) is 46.4 Å². The van der Waals surface area contributed by atoms with Gasteiger partial charge < -0.3 is 11.1 Å². The van der Waals surface area contributed by atoms with Crippen molar-refractivity contribution >= 4 is 28.4 Å². The summed E-state index contributed by atoms with van der Waals surface area (Å²) in [7, 11) is 0. The molecule has 1 amide bonds. The van der Waals surface area contributed by atoms with Crippen molar-refractivity contribution in [2.45, 2.75) is 51.6 Å². The maximum Gasteiger partial charge on any atom is 0.278 e. The minimum Gasteiger partial charge on any atom is -0.349 e. The first-order valence-corrected chi connectivity index (χ1v) is 9.54. The lowest BCUT2D eigenvalue weighted by Crippen LogP contribution is -2.43. The van der Waals surface area contributed by atoms with Gasteiger partial charge in [0, 0.05) is 12.2 Å². The Bertz CT molecular complexity index is 1080. The van der Waals surface area contributed by atoms with Crippen molar-refractivity contribution in [2.24, 2.45) is 0 Å². The topological polar surface area (TPSA) is 93.4 Å². The molecule has 4 rings (SSSR count). The predicted molar refractivity (Wildman–Crippen MR) is 104 cm³/mol. The van der Waals surface area contributed by atoms with Crippen molar-refractivity contribution in [1.29, 1.82) is 0 Å². The average molecular weight is 366 g/mol. The minimum absolute atomic E-state index is 0.173. The zero-order valence-corrected chi connectivity index (χ0v) is 15.4. The average Bonchev–Trinajstić information content (AvgIpc) is 2.69. The van der Waals surface area contributed by atoms with Gasteiger partial charge in [0.15, 0.2) is 0 Å². The van der Waals surface area contributed by atoms with E-state index >= 15 is 0 Å². The van der Waals surface area contributed by atoms with Crippen LogP contribution in [0.25, 0.3) is 16.7 Å². The van der Waals surface area contributed by atoms with Gasteiger partial charge in [-0.3, -0.25) is 14.0 Å². The van der Waals surface area contributed by atoms with E-state index in [1.165, 1.54) is 10.8 Å². The summed E-state index contributed by atoms with van der Waals surface area (Å²) in [6, 6.07) is 7.15. The quantitative estimate of drug-likeness (QED) is 0.546. The third-order valence-electron chi connectivity index (χ3n) is 5.36. The standard InChI is InChI=1S/C20H23N5O2/c1-2-24-17(21)14(19(26)22-13-8-4-3-5-9-13)12-15-18(24)23-16-10-6-7-11-25(16)20(15)27/h6-7,10-13,21H,2-5,8-9H2,1H3,(H,22,26)/p+1. The Balaban J connectivity index is 1.87. The lowest BCUT2D eigenvalue weighted by atomic mass is 9.95. The molecule has 7 heteroatoms. The van der Waals surface area contributed by atoms with Crippen molar-refractivity contribution in [1.82, 2.24) is 14.7 Å². The van der Waals surface area contributed by atoms with Gasteiger partial charge in [-0.2, -0.15) is 0 Å². The van der Waals surface area contributed by atoms with E-state index in [1.54, 1.807) is 29.0 Å². The van der Waals surface area contributed by atoms with Crippen LogP contribution >= 0.6 is 0 Å². The lowest BCUT2D eigenvalue weighted by Gasteiger charge is -2.23. The molecule has 0 bridgehead atoms. The van der Waals surface area contributed by atoms with Crippen LogP contribution in [0.3, 0.4) is 0 Å². The van der Waals surface area contributed by atoms with Crippen LogP contribution in [-0.4, -0.2) is 21.3 Å². The number of amides is 1. The molecule has 0 atom stereocenters. The molecule has 7 nitrogen and oxygen atoms in total. The Morgan fingerprint density at radius 3 is 2.85 bits per heavy atom. The number of aromatic nitrogens is 3. The number of fused-ring (bicyclic) bond motifs is 2. The number of pyridine rings is 2. The molecule has 1 aliphatic rings. The highest BCUT2D eigenvalue weighted by Gasteiger charge is 2.25. The Labute approximate surface area is 156 Å². The molecule has 3 heterocycles. The zero-order valence-electron chi connectivity index (χ0n) is 15.4. The molecule has 3 aromatic heterocycles. The van der Waals surface area contributed by atoms with Crippen LogP contribution in [0, 0.1) is 0 Å². The number of nitrogens with two attached hydrogens (primary N) is 1. The van der Waals surface area contributed by atoms with Gasteiger partial charge >= 0.3 is 0 Å². The van der Waals surface area contributed by atoms with Crippen LogP contribution < -0.4 is 21.2 Å². The number of nitrogens with zero attached hydrogens (tertiary/aromatic N) is 3. The summed E-state index contributed by atoms with van der Waals surface area (Å²) < 4.78 is 3.22. The molecule has 0 radical (unpaired) electrons. The molecular formula is C20H24N5O2+. The van der Waals surface area contributed by atoms with Crippen molar-refractivity contribution in [2.75, 3.05) is 5.73 Å². The molecule has 0 saturated heterocycles. The van der Waals surface area contributed by atoms with Crippen LogP contribution in [0.15, 0.2) is 35.3 Å². The highest BCUT2D eigenvalue weighted by atomic mass is 16.2. The summed E-state index contributed by atoms with van der Waals surface area (Å²) >= 11 is 0. The number of nitrogen functional groups attached to an aromatic ring is 1. The minimum atomic E-state index is -0.221. The Hall–Kier alpha value is -2.96. The highest BCUT2D eigenvalue weighted by molar-refractivity contribution is 6.00. The van der Waals surface area contributed by atoms with Gasteiger partial charge in [-0.1, -0.05) is 30.3 Å². The molecule has 0 aliphatic heterocycles. The number of anilines is 1. The number of hydrogen-bond donors (Lipinski definition) is 2. The fraction of sp³-hybridized carbons (Fsp3) is 0.400. The summed E-state index contributed by atoms with van der Waals surface area (Å²) in [5, 5.41) is 3.48. The summed E-state index contributed by atoms with van der Waals surface area (Å²) in [5.74, 6) is 0.117. The Kier molecular flexibility index (Phi) is 4.51. The SMILES string of the molecule is CC[n+]1c(N)c(C(=O)NC2CCCCC2)cc2c(=O)n3ccccc3nc21. The first-order chi connectivity index (χ1) is 13.1. The van der Waals surface area contributed by atoms with Crippen LogP contribution in [-0.2, 0) is 6.54 Å². The molecule has 3 N–H and O–H groups in total. The second kappa shape index (κ2) is 6.98. The summed E-state index contributed by atoms with van der Waals surface area (Å²) in [6.45, 7) is 2.44. The van der Waals surface area contributed by atoms with E-state index in [0.717, 1.165) is 25.7 Å². The van der Waals surface area contributed by atoms with E-state index in [-0.39, 0.29) is 17.5 Å². The number of rotatable bonds is 3. The van der Waals surface area contributed by atoms with E-state index < -0.39 is 0 Å². The van der Waals surface area contributed by atoms with Gasteiger partial charge in [-0.15, -0.1) is 0 Å². The first kappa shape index (κ1) is 17.5. The summed E-state index contributed by atoms with van der Waals surface area (Å²) in [6.07, 6.45) is 7.13. The van der Waals surface area contributed by atoms with Crippen LogP contribution in [0.2, 0.25) is 0 Å². The predicted octanol–water partition coefficient (Wildman–Crippen LogP) is 1.80. The Morgan fingerprint density at radius 1 is 1.33 bits per heavy atom. The van der Waals surface area contributed by atoms with E-state index in [2.05, 4.69) is 10.3 Å². The molecule has 0 spiro atoms. The fourth-order valence-electron chi connectivity index (χ4n) is 3.91. The molecule has 3 aromatic rings. The summed E-state index contributed by atoms with van der Waals surface area (Å²) in [5.41, 5.74) is 7.50. The maximum atomic E-state index is 13.0. The Morgan fingerprint density at radius 2 is 2.11 bits per heavy atom. The van der Waals surface area contributed by atoms with E-state index in [1.807, 2.05) is 13.0 Å². The van der Waals surface area contributed by atoms with Crippen LogP contribution in [0.5, 0.6) is 0 Å². The van der Waals surface area contributed by atoms with Crippen molar-refractivity contribution in [3.63, 3.8) is 0 Å². The van der Waals surface area contributed by atoms with E-state index in [0.29, 0.717) is 34.6 Å². The number of carbonyl (C=O) groups is 1. The second-order valence-corrected chi connectivity index (χ2v) is 7.08. The van der Waals surface area contributed by atoms with Gasteiger partial charge in [0.05, 0.1) is 6.54 Å². The number of carbonyl (C=O) groups excluding carboxylic acids is 1. The zero-order chi connectivity index (χ0) is 19.0. The van der Waals surface area contributed by atoms with E-state index in [9.17, 15) is 9.59 Å². The third kappa shape index (κ3) is 3.03. The molecule has 0 aromatic carbocycles. The first-order valence-electron chi connectivity index (χ1n) is 9.54. The van der Waals surface area contributed by atoms with Gasteiger partial charge in [0.1, 0.15) is 10.9 Å². The summed E-state index contributed by atoms with van der Waals surface area (Å²) in [4.78, 5) is 30.5.